The van der Waals surface area contributed by atoms with Crippen LogP contribution in [-0.2, 0) is 4.79 Å². The monoisotopic (exact) mass is 465 g/mol. The van der Waals surface area contributed by atoms with Crippen LogP contribution in [0.25, 0.3) is 16.9 Å². The Labute approximate surface area is 184 Å². The van der Waals surface area contributed by atoms with E-state index in [1.165, 1.54) is 34.0 Å². The molecule has 3 aromatic rings. The number of pyridine rings is 1. The van der Waals surface area contributed by atoms with E-state index in [1.54, 1.807) is 6.07 Å². The predicted molar refractivity (Wildman–Crippen MR) is 107 cm³/mol. The summed E-state index contributed by atoms with van der Waals surface area (Å²) < 4.78 is 45.1. The Kier molecular flexibility index (Phi) is 5.99. The highest BCUT2D eigenvalue weighted by Gasteiger charge is 2.26. The first-order valence-electron chi connectivity index (χ1n) is 9.34. The molecule has 2 aromatic heterocycles. The molecule has 0 atom stereocenters. The highest BCUT2D eigenvalue weighted by atomic mass is 35.5. The minimum absolute atomic E-state index is 0.0248. The van der Waals surface area contributed by atoms with Crippen LogP contribution in [0.15, 0.2) is 42.6 Å². The van der Waals surface area contributed by atoms with Gasteiger partial charge in [-0.2, -0.15) is 13.9 Å². The number of carbonyl (C=O) groups is 2. The summed E-state index contributed by atoms with van der Waals surface area (Å²) in [4.78, 5) is 29.8. The lowest BCUT2D eigenvalue weighted by Gasteiger charge is -2.25. The Morgan fingerprint density at radius 1 is 1.22 bits per heavy atom. The number of aromatic nitrogens is 3. The van der Waals surface area contributed by atoms with Gasteiger partial charge in [0.05, 0.1) is 17.9 Å². The zero-order valence-electron chi connectivity index (χ0n) is 16.3. The minimum Gasteiger partial charge on any atom is -0.435 e. The van der Waals surface area contributed by atoms with Gasteiger partial charge in [-0.3, -0.25) is 9.59 Å². The lowest BCUT2D eigenvalue weighted by molar-refractivity contribution is -0.123. The highest BCUT2D eigenvalue weighted by molar-refractivity contribution is 6.29. The van der Waals surface area contributed by atoms with Crippen molar-refractivity contribution in [2.24, 2.45) is 0 Å². The van der Waals surface area contributed by atoms with Crippen molar-refractivity contribution >= 4 is 23.4 Å². The number of ether oxygens (including phenoxy) is 1. The van der Waals surface area contributed by atoms with E-state index in [9.17, 15) is 22.8 Å². The number of nitrogens with one attached hydrogen (secondary N) is 1. The number of carbonyl (C=O) groups excluding carboxylic acids is 2. The molecule has 0 unspecified atom stereocenters. The van der Waals surface area contributed by atoms with Crippen molar-refractivity contribution < 1.29 is 27.5 Å². The number of hydrogen-bond donors (Lipinski definition) is 1. The third-order valence-corrected chi connectivity index (χ3v) is 4.81. The van der Waals surface area contributed by atoms with E-state index in [2.05, 4.69) is 20.1 Å². The Hall–Kier alpha value is -3.60. The van der Waals surface area contributed by atoms with Gasteiger partial charge in [-0.1, -0.05) is 11.6 Å². The lowest BCUT2D eigenvalue weighted by atomic mass is 10.1. The highest BCUT2D eigenvalue weighted by Crippen LogP contribution is 2.30. The molecule has 1 N–H and O–H groups in total. The average Bonchev–Trinajstić information content (AvgIpc) is 3.18. The van der Waals surface area contributed by atoms with Crippen molar-refractivity contribution in [1.29, 1.82) is 0 Å². The van der Waals surface area contributed by atoms with E-state index in [0.717, 1.165) is 12.1 Å². The maximum Gasteiger partial charge on any atom is 0.387 e. The molecule has 8 nitrogen and oxygen atoms in total. The molecule has 0 radical (unpaired) electrons. The molecule has 0 saturated carbocycles. The van der Waals surface area contributed by atoms with Crippen LogP contribution in [0, 0.1) is 5.82 Å². The Morgan fingerprint density at radius 3 is 2.75 bits per heavy atom. The molecular formula is C20H15ClF3N5O3. The van der Waals surface area contributed by atoms with Gasteiger partial charge in [0, 0.05) is 37.0 Å². The smallest absolute Gasteiger partial charge is 0.387 e. The van der Waals surface area contributed by atoms with Crippen LogP contribution in [0.1, 0.15) is 10.5 Å². The number of nitrogens with zero attached hydrogens (tertiary/aromatic N) is 4. The first-order chi connectivity index (χ1) is 15.3. The number of benzene rings is 1. The second-order valence-electron chi connectivity index (χ2n) is 6.79. The Morgan fingerprint density at radius 2 is 2.03 bits per heavy atom. The molecule has 32 heavy (non-hydrogen) atoms. The van der Waals surface area contributed by atoms with E-state index >= 15 is 0 Å². The molecule has 0 spiro atoms. The van der Waals surface area contributed by atoms with Gasteiger partial charge in [-0.25, -0.2) is 14.1 Å². The van der Waals surface area contributed by atoms with Crippen LogP contribution in [-0.4, -0.2) is 57.7 Å². The number of amides is 2. The molecule has 0 aliphatic carbocycles. The van der Waals surface area contributed by atoms with Crippen LogP contribution < -0.4 is 10.1 Å². The van der Waals surface area contributed by atoms with Crippen molar-refractivity contribution in [3.05, 3.63) is 59.3 Å². The van der Waals surface area contributed by atoms with Gasteiger partial charge in [-0.05, 0) is 24.3 Å². The van der Waals surface area contributed by atoms with Crippen LogP contribution in [0.5, 0.6) is 5.75 Å². The molecule has 1 aliphatic rings. The molecule has 0 bridgehead atoms. The van der Waals surface area contributed by atoms with Crippen LogP contribution in [0.4, 0.5) is 13.2 Å². The summed E-state index contributed by atoms with van der Waals surface area (Å²) in [6.45, 7) is -2.68. The van der Waals surface area contributed by atoms with E-state index < -0.39 is 24.1 Å². The molecule has 12 heteroatoms. The first-order valence-corrected chi connectivity index (χ1v) is 9.71. The Bertz CT molecular complexity index is 1190. The van der Waals surface area contributed by atoms with Gasteiger partial charge in [-0.15, -0.1) is 0 Å². The summed E-state index contributed by atoms with van der Waals surface area (Å²) in [5.74, 6) is -2.03. The van der Waals surface area contributed by atoms with Crippen molar-refractivity contribution in [2.45, 2.75) is 6.61 Å². The van der Waals surface area contributed by atoms with Gasteiger partial charge in [0.15, 0.2) is 5.69 Å². The van der Waals surface area contributed by atoms with Gasteiger partial charge in [0.2, 0.25) is 5.91 Å². The van der Waals surface area contributed by atoms with Crippen molar-refractivity contribution in [2.75, 3.05) is 19.6 Å². The van der Waals surface area contributed by atoms with E-state index in [0.29, 0.717) is 18.8 Å². The normalized spacial score (nSPS) is 13.9. The second kappa shape index (κ2) is 8.87. The fourth-order valence-electron chi connectivity index (χ4n) is 3.27. The summed E-state index contributed by atoms with van der Waals surface area (Å²) in [6, 6.07) is 7.52. The van der Waals surface area contributed by atoms with E-state index in [1.807, 2.05) is 0 Å². The molecule has 2 amide bonds. The summed E-state index contributed by atoms with van der Waals surface area (Å²) in [5.41, 5.74) is 0.728. The van der Waals surface area contributed by atoms with Gasteiger partial charge < -0.3 is 15.0 Å². The summed E-state index contributed by atoms with van der Waals surface area (Å²) >= 11 is 5.97. The topological polar surface area (TPSA) is 89.4 Å². The van der Waals surface area contributed by atoms with Crippen LogP contribution in [0.3, 0.4) is 0 Å². The van der Waals surface area contributed by atoms with Gasteiger partial charge >= 0.3 is 6.61 Å². The Balaban J connectivity index is 1.81. The second-order valence-corrected chi connectivity index (χ2v) is 7.18. The molecule has 1 aliphatic heterocycles. The standard InChI is InChI=1S/C20H15ClF3N5O3/c21-17-8-13(1-2-25-17)29-16(11-5-12(22)7-14(6-11)32-20(23)24)9-15(27-29)19(31)28-4-3-26-18(30)10-28/h1-2,5-9,20H,3-4,10H2,(H,26,30). The molecule has 1 aromatic carbocycles. The zero-order chi connectivity index (χ0) is 22.8. The van der Waals surface area contributed by atoms with E-state index in [-0.39, 0.29) is 34.6 Å². The number of halogens is 4. The van der Waals surface area contributed by atoms with Crippen molar-refractivity contribution in [3.63, 3.8) is 0 Å². The van der Waals surface area contributed by atoms with Crippen LogP contribution in [0.2, 0.25) is 5.15 Å². The maximum absolute atomic E-state index is 14.2. The van der Waals surface area contributed by atoms with Gasteiger partial charge in [0.1, 0.15) is 16.7 Å². The molecule has 1 fully saturated rings. The minimum atomic E-state index is -3.14. The fraction of sp³-hybridized carbons (Fsp3) is 0.200. The molecule has 4 rings (SSSR count). The average molecular weight is 466 g/mol. The maximum atomic E-state index is 14.2. The predicted octanol–water partition coefficient (Wildman–Crippen LogP) is 2.90. The first kappa shape index (κ1) is 21.6. The van der Waals surface area contributed by atoms with Crippen molar-refractivity contribution in [3.8, 4) is 22.7 Å². The van der Waals surface area contributed by atoms with Crippen molar-refractivity contribution in [1.82, 2.24) is 25.0 Å². The molecular weight excluding hydrogens is 451 g/mol. The number of alkyl halides is 2. The summed E-state index contributed by atoms with van der Waals surface area (Å²) in [6.07, 6.45) is 1.41. The molecule has 3 heterocycles. The number of rotatable bonds is 5. The lowest BCUT2D eigenvalue weighted by Crippen LogP contribution is -2.50. The largest absolute Gasteiger partial charge is 0.435 e. The molecule has 166 valence electrons. The van der Waals surface area contributed by atoms with Crippen LogP contribution >= 0.6 is 11.6 Å². The number of hydrogen-bond acceptors (Lipinski definition) is 5. The van der Waals surface area contributed by atoms with E-state index in [4.69, 9.17) is 11.6 Å². The summed E-state index contributed by atoms with van der Waals surface area (Å²) in [5, 5.41) is 7.08. The van der Waals surface area contributed by atoms with Gasteiger partial charge in [0.25, 0.3) is 5.91 Å². The quantitative estimate of drug-likeness (QED) is 0.585. The third kappa shape index (κ3) is 4.67. The third-order valence-electron chi connectivity index (χ3n) is 4.60. The zero-order valence-corrected chi connectivity index (χ0v) is 17.0. The fourth-order valence-corrected chi connectivity index (χ4v) is 3.44. The summed E-state index contributed by atoms with van der Waals surface area (Å²) in [7, 11) is 0. The SMILES string of the molecule is O=C1CN(C(=O)c2cc(-c3cc(F)cc(OC(F)F)c3)n(-c3ccnc(Cl)c3)n2)CCN1. The number of piperazine rings is 1. The molecule has 1 saturated heterocycles.